The van der Waals surface area contributed by atoms with E-state index in [0.717, 1.165) is 5.52 Å². The maximum absolute atomic E-state index is 4.25. The molecule has 2 rings (SSSR count). The average molecular weight is 180 g/mol. The molecule has 2 aromatic heterocycles. The van der Waals surface area contributed by atoms with Crippen LogP contribution in [-0.4, -0.2) is 9.55 Å². The molecule has 0 aliphatic carbocycles. The van der Waals surface area contributed by atoms with Crippen LogP contribution in [0.1, 0.15) is 20.8 Å². The van der Waals surface area contributed by atoms with Gasteiger partial charge in [0.05, 0.1) is 15.7 Å². The number of hydrogen-bond acceptors (Lipinski definition) is 2. The number of fused-ring (bicyclic) bond motifs is 1. The van der Waals surface area contributed by atoms with Gasteiger partial charge in [0.1, 0.15) is 0 Å². The summed E-state index contributed by atoms with van der Waals surface area (Å²) in [6.07, 6.45) is 4.26. The molecule has 64 valence electrons. The Morgan fingerprint density at radius 2 is 2.08 bits per heavy atom. The highest BCUT2D eigenvalue weighted by molar-refractivity contribution is 7.16. The van der Waals surface area contributed by atoms with Crippen molar-refractivity contribution in [1.29, 1.82) is 0 Å². The lowest BCUT2D eigenvalue weighted by atomic mass is 10.1. The fourth-order valence-electron chi connectivity index (χ4n) is 1.14. The molecule has 3 heteroatoms. The molecule has 0 aliphatic rings. The normalized spacial score (nSPS) is 12.6. The third kappa shape index (κ3) is 1.14. The summed E-state index contributed by atoms with van der Waals surface area (Å²) in [5.74, 6) is 0. The molecule has 0 aromatic carbocycles. The Balaban J connectivity index is 2.59. The minimum atomic E-state index is 0.167. The molecule has 12 heavy (non-hydrogen) atoms. The SMILES string of the molecule is CC(C)(C)n1cc2ncsc2c1. The van der Waals surface area contributed by atoms with E-state index in [9.17, 15) is 0 Å². The van der Waals surface area contributed by atoms with Crippen LogP contribution in [0.4, 0.5) is 0 Å². The van der Waals surface area contributed by atoms with E-state index in [1.165, 1.54) is 4.70 Å². The Hall–Kier alpha value is -0.830. The van der Waals surface area contributed by atoms with Crippen LogP contribution in [0.15, 0.2) is 17.9 Å². The molecule has 0 unspecified atom stereocenters. The van der Waals surface area contributed by atoms with Crippen molar-refractivity contribution < 1.29 is 0 Å². The Morgan fingerprint density at radius 1 is 1.33 bits per heavy atom. The molecule has 0 radical (unpaired) electrons. The third-order valence-electron chi connectivity index (χ3n) is 1.92. The molecule has 0 saturated heterocycles. The van der Waals surface area contributed by atoms with Gasteiger partial charge in [-0.05, 0) is 20.8 Å². The van der Waals surface area contributed by atoms with Gasteiger partial charge in [-0.1, -0.05) is 0 Å². The van der Waals surface area contributed by atoms with Crippen LogP contribution in [0.25, 0.3) is 10.2 Å². The summed E-state index contributed by atoms with van der Waals surface area (Å²) in [5, 5.41) is 0. The van der Waals surface area contributed by atoms with Gasteiger partial charge >= 0.3 is 0 Å². The Bertz CT molecular complexity index is 363. The fourth-order valence-corrected chi connectivity index (χ4v) is 1.82. The Morgan fingerprint density at radius 3 is 2.67 bits per heavy atom. The lowest BCUT2D eigenvalue weighted by Gasteiger charge is -2.20. The van der Waals surface area contributed by atoms with Gasteiger partial charge < -0.3 is 4.57 Å². The van der Waals surface area contributed by atoms with Gasteiger partial charge in [-0.3, -0.25) is 0 Å². The zero-order chi connectivity index (χ0) is 8.77. The van der Waals surface area contributed by atoms with Crippen molar-refractivity contribution in [3.05, 3.63) is 17.9 Å². The van der Waals surface area contributed by atoms with Gasteiger partial charge in [0.25, 0.3) is 0 Å². The largest absolute Gasteiger partial charge is 0.345 e. The van der Waals surface area contributed by atoms with E-state index in [1.54, 1.807) is 11.3 Å². The van der Waals surface area contributed by atoms with E-state index in [4.69, 9.17) is 0 Å². The molecule has 2 heterocycles. The van der Waals surface area contributed by atoms with Crippen LogP contribution >= 0.6 is 11.3 Å². The molecule has 0 amide bonds. The minimum absolute atomic E-state index is 0.167. The number of hydrogen-bond donors (Lipinski definition) is 0. The first-order valence-electron chi connectivity index (χ1n) is 3.99. The second kappa shape index (κ2) is 2.33. The Labute approximate surface area is 75.9 Å². The van der Waals surface area contributed by atoms with Gasteiger partial charge in [0.15, 0.2) is 0 Å². The zero-order valence-electron chi connectivity index (χ0n) is 7.53. The van der Waals surface area contributed by atoms with Gasteiger partial charge in [-0.2, -0.15) is 0 Å². The van der Waals surface area contributed by atoms with Crippen molar-refractivity contribution in [2.45, 2.75) is 26.3 Å². The molecule has 0 bridgehead atoms. The summed E-state index contributed by atoms with van der Waals surface area (Å²) in [6, 6.07) is 0. The standard InChI is InChI=1S/C9H12N2S/c1-9(2,3)11-4-7-8(5-11)12-6-10-7/h4-6H,1-3H3. The number of nitrogens with zero attached hydrogens (tertiary/aromatic N) is 2. The van der Waals surface area contributed by atoms with Gasteiger partial charge in [0, 0.05) is 17.9 Å². The molecule has 0 saturated carbocycles. The molecule has 2 aromatic rings. The highest BCUT2D eigenvalue weighted by Crippen LogP contribution is 2.23. The smallest absolute Gasteiger partial charge is 0.0988 e. The van der Waals surface area contributed by atoms with Gasteiger partial charge in [0.2, 0.25) is 0 Å². The molecule has 0 spiro atoms. The lowest BCUT2D eigenvalue weighted by Crippen LogP contribution is -2.19. The first-order valence-corrected chi connectivity index (χ1v) is 4.87. The van der Waals surface area contributed by atoms with Gasteiger partial charge in [-0.25, -0.2) is 4.98 Å². The maximum atomic E-state index is 4.25. The summed E-state index contributed by atoms with van der Waals surface area (Å²) in [6.45, 7) is 6.57. The van der Waals surface area contributed by atoms with Crippen LogP contribution in [0.3, 0.4) is 0 Å². The zero-order valence-corrected chi connectivity index (χ0v) is 8.35. The quantitative estimate of drug-likeness (QED) is 0.609. The van der Waals surface area contributed by atoms with E-state index < -0.39 is 0 Å². The summed E-state index contributed by atoms with van der Waals surface area (Å²) in [4.78, 5) is 4.25. The predicted molar refractivity (Wildman–Crippen MR) is 52.6 cm³/mol. The van der Waals surface area contributed by atoms with E-state index in [0.29, 0.717) is 0 Å². The first-order chi connectivity index (χ1) is 5.57. The fraction of sp³-hybridized carbons (Fsp3) is 0.444. The highest BCUT2D eigenvalue weighted by Gasteiger charge is 2.13. The van der Waals surface area contributed by atoms with Crippen LogP contribution in [0, 0.1) is 0 Å². The van der Waals surface area contributed by atoms with E-state index in [2.05, 4.69) is 42.7 Å². The highest BCUT2D eigenvalue weighted by atomic mass is 32.1. The lowest BCUT2D eigenvalue weighted by molar-refractivity contribution is 0.399. The number of thiazole rings is 1. The van der Waals surface area contributed by atoms with Crippen molar-refractivity contribution in [2.24, 2.45) is 0 Å². The molecular weight excluding hydrogens is 168 g/mol. The van der Waals surface area contributed by atoms with Crippen molar-refractivity contribution in [1.82, 2.24) is 9.55 Å². The second-order valence-electron chi connectivity index (χ2n) is 3.94. The maximum Gasteiger partial charge on any atom is 0.0988 e. The van der Waals surface area contributed by atoms with E-state index >= 15 is 0 Å². The summed E-state index contributed by atoms with van der Waals surface area (Å²) >= 11 is 1.69. The van der Waals surface area contributed by atoms with E-state index in [-0.39, 0.29) is 5.54 Å². The van der Waals surface area contributed by atoms with Crippen LogP contribution in [0.2, 0.25) is 0 Å². The van der Waals surface area contributed by atoms with Crippen molar-refractivity contribution >= 4 is 21.6 Å². The monoisotopic (exact) mass is 180 g/mol. The number of rotatable bonds is 0. The van der Waals surface area contributed by atoms with Crippen molar-refractivity contribution in [3.63, 3.8) is 0 Å². The Kier molecular flexibility index (Phi) is 1.51. The molecule has 0 aliphatic heterocycles. The summed E-state index contributed by atoms with van der Waals surface area (Å²) in [7, 11) is 0. The van der Waals surface area contributed by atoms with Crippen molar-refractivity contribution in [2.75, 3.05) is 0 Å². The second-order valence-corrected chi connectivity index (χ2v) is 4.82. The minimum Gasteiger partial charge on any atom is -0.345 e. The number of aromatic nitrogens is 2. The summed E-state index contributed by atoms with van der Waals surface area (Å²) in [5.41, 5.74) is 3.16. The van der Waals surface area contributed by atoms with Crippen LogP contribution in [0.5, 0.6) is 0 Å². The predicted octanol–water partition coefficient (Wildman–Crippen LogP) is 2.85. The van der Waals surface area contributed by atoms with Gasteiger partial charge in [-0.15, -0.1) is 11.3 Å². The molecule has 2 nitrogen and oxygen atoms in total. The van der Waals surface area contributed by atoms with Crippen molar-refractivity contribution in [3.8, 4) is 0 Å². The molecule has 0 atom stereocenters. The molecular formula is C9H12N2S. The van der Waals surface area contributed by atoms with Crippen LogP contribution < -0.4 is 0 Å². The third-order valence-corrected chi connectivity index (χ3v) is 2.70. The summed E-state index contributed by atoms with van der Waals surface area (Å²) < 4.78 is 3.48. The molecule has 0 fully saturated rings. The topological polar surface area (TPSA) is 17.8 Å². The average Bonchev–Trinajstić information content (AvgIpc) is 2.37. The molecule has 0 N–H and O–H groups in total. The van der Waals surface area contributed by atoms with Crippen LogP contribution in [-0.2, 0) is 5.54 Å². The van der Waals surface area contributed by atoms with E-state index in [1.807, 2.05) is 5.51 Å². The first kappa shape index (κ1) is 7.80.